The number of methoxy groups -OCH3 is 2. The highest BCUT2D eigenvalue weighted by Gasteiger charge is 2.14. The molecule has 6 heteroatoms. The summed E-state index contributed by atoms with van der Waals surface area (Å²) < 4.78 is 10.6. The summed E-state index contributed by atoms with van der Waals surface area (Å²) in [6.45, 7) is 0.410. The number of amides is 1. The monoisotopic (exact) mass is 383 g/mol. The standard InChI is InChI=1S/C22H29N3O3/c1-27-19-10-9-16(13-20(19)28-2)15-24-22(26)17-11-12-23-21(14-17)25-18-7-5-3-4-6-8-18/h9-14,18H,3-8,15H2,1-2H3,(H,23,25)(H,24,26). The molecule has 0 unspecified atom stereocenters. The van der Waals surface area contributed by atoms with Crippen molar-refractivity contribution in [3.8, 4) is 11.5 Å². The van der Waals surface area contributed by atoms with E-state index in [2.05, 4.69) is 15.6 Å². The number of anilines is 1. The van der Waals surface area contributed by atoms with E-state index >= 15 is 0 Å². The number of nitrogens with zero attached hydrogens (tertiary/aromatic N) is 1. The molecule has 1 aromatic heterocycles. The van der Waals surface area contributed by atoms with E-state index in [0.29, 0.717) is 29.6 Å². The maximum Gasteiger partial charge on any atom is 0.251 e. The predicted octanol–water partition coefficient (Wildman–Crippen LogP) is 4.16. The smallest absolute Gasteiger partial charge is 0.251 e. The van der Waals surface area contributed by atoms with Crippen molar-refractivity contribution >= 4 is 11.7 Å². The van der Waals surface area contributed by atoms with Gasteiger partial charge in [0.05, 0.1) is 14.2 Å². The zero-order valence-corrected chi connectivity index (χ0v) is 16.7. The van der Waals surface area contributed by atoms with E-state index in [-0.39, 0.29) is 5.91 Å². The quantitative estimate of drug-likeness (QED) is 0.702. The van der Waals surface area contributed by atoms with Gasteiger partial charge in [-0.05, 0) is 42.7 Å². The Morgan fingerprint density at radius 3 is 2.50 bits per heavy atom. The third-order valence-corrected chi connectivity index (χ3v) is 5.13. The Kier molecular flexibility index (Phi) is 7.12. The number of hydrogen-bond acceptors (Lipinski definition) is 5. The Hall–Kier alpha value is -2.76. The summed E-state index contributed by atoms with van der Waals surface area (Å²) in [5.41, 5.74) is 1.54. The lowest BCUT2D eigenvalue weighted by Gasteiger charge is -2.17. The third kappa shape index (κ3) is 5.38. The van der Waals surface area contributed by atoms with Crippen LogP contribution in [-0.2, 0) is 6.54 Å². The molecule has 1 heterocycles. The van der Waals surface area contributed by atoms with Gasteiger partial charge >= 0.3 is 0 Å². The maximum absolute atomic E-state index is 12.6. The van der Waals surface area contributed by atoms with Gasteiger partial charge in [-0.2, -0.15) is 0 Å². The summed E-state index contributed by atoms with van der Waals surface area (Å²) in [7, 11) is 3.20. The second-order valence-electron chi connectivity index (χ2n) is 7.13. The van der Waals surface area contributed by atoms with Gasteiger partial charge in [-0.3, -0.25) is 4.79 Å². The van der Waals surface area contributed by atoms with Crippen LogP contribution in [0, 0.1) is 0 Å². The fourth-order valence-corrected chi connectivity index (χ4v) is 3.56. The van der Waals surface area contributed by atoms with Crippen LogP contribution < -0.4 is 20.1 Å². The Morgan fingerprint density at radius 2 is 1.79 bits per heavy atom. The number of hydrogen-bond donors (Lipinski definition) is 2. The molecule has 1 aliphatic carbocycles. The molecule has 0 atom stereocenters. The number of carbonyl (C=O) groups is 1. The lowest BCUT2D eigenvalue weighted by molar-refractivity contribution is 0.0951. The van der Waals surface area contributed by atoms with Gasteiger partial charge < -0.3 is 20.1 Å². The first-order valence-electron chi connectivity index (χ1n) is 9.91. The predicted molar refractivity (Wildman–Crippen MR) is 110 cm³/mol. The summed E-state index contributed by atoms with van der Waals surface area (Å²) in [6.07, 6.45) is 9.14. The van der Waals surface area contributed by atoms with Gasteiger partial charge in [0.2, 0.25) is 0 Å². The fraction of sp³-hybridized carbons (Fsp3) is 0.455. The normalized spacial score (nSPS) is 14.8. The van der Waals surface area contributed by atoms with Crippen LogP contribution in [0.3, 0.4) is 0 Å². The maximum atomic E-state index is 12.6. The Labute approximate surface area is 166 Å². The second-order valence-corrected chi connectivity index (χ2v) is 7.13. The zero-order valence-electron chi connectivity index (χ0n) is 16.7. The van der Waals surface area contributed by atoms with Crippen molar-refractivity contribution in [3.63, 3.8) is 0 Å². The Bertz CT molecular complexity index is 786. The number of pyridine rings is 1. The van der Waals surface area contributed by atoms with Crippen molar-refractivity contribution in [1.82, 2.24) is 10.3 Å². The van der Waals surface area contributed by atoms with Gasteiger partial charge in [0, 0.05) is 24.3 Å². The molecule has 150 valence electrons. The Morgan fingerprint density at radius 1 is 1.04 bits per heavy atom. The van der Waals surface area contributed by atoms with Gasteiger partial charge in [-0.25, -0.2) is 4.98 Å². The minimum Gasteiger partial charge on any atom is -0.493 e. The molecule has 1 aliphatic rings. The molecule has 0 aliphatic heterocycles. The average molecular weight is 383 g/mol. The molecule has 2 aromatic rings. The molecule has 0 saturated heterocycles. The third-order valence-electron chi connectivity index (χ3n) is 5.13. The molecule has 28 heavy (non-hydrogen) atoms. The van der Waals surface area contributed by atoms with E-state index in [1.54, 1.807) is 26.5 Å². The van der Waals surface area contributed by atoms with E-state index in [0.717, 1.165) is 24.2 Å². The minimum absolute atomic E-state index is 0.124. The summed E-state index contributed by atoms with van der Waals surface area (Å²) >= 11 is 0. The summed E-state index contributed by atoms with van der Waals surface area (Å²) in [5, 5.41) is 6.45. The minimum atomic E-state index is -0.124. The largest absolute Gasteiger partial charge is 0.493 e. The number of benzene rings is 1. The number of carbonyl (C=O) groups excluding carboxylic acids is 1. The molecule has 1 saturated carbocycles. The van der Waals surface area contributed by atoms with E-state index in [1.165, 1.54) is 25.7 Å². The number of ether oxygens (including phenoxy) is 2. The molecule has 1 amide bonds. The molecule has 1 fully saturated rings. The van der Waals surface area contributed by atoms with Gasteiger partial charge in [0.15, 0.2) is 11.5 Å². The van der Waals surface area contributed by atoms with Gasteiger partial charge in [-0.15, -0.1) is 0 Å². The molecule has 1 aromatic carbocycles. The first kappa shape index (κ1) is 20.0. The van der Waals surface area contributed by atoms with E-state index in [9.17, 15) is 4.79 Å². The van der Waals surface area contributed by atoms with Crippen LogP contribution in [-0.4, -0.2) is 31.2 Å². The van der Waals surface area contributed by atoms with Gasteiger partial charge in [0.25, 0.3) is 5.91 Å². The topological polar surface area (TPSA) is 72.5 Å². The molecule has 0 radical (unpaired) electrons. The number of nitrogens with one attached hydrogen (secondary N) is 2. The van der Waals surface area contributed by atoms with Crippen LogP contribution in [0.5, 0.6) is 11.5 Å². The van der Waals surface area contributed by atoms with Crippen molar-refractivity contribution in [1.29, 1.82) is 0 Å². The number of aromatic nitrogens is 1. The SMILES string of the molecule is COc1ccc(CNC(=O)c2ccnc(NC3CCCCCC3)c2)cc1OC. The fourth-order valence-electron chi connectivity index (χ4n) is 3.56. The Balaban J connectivity index is 1.60. The van der Waals surface area contributed by atoms with Crippen molar-refractivity contribution in [2.75, 3.05) is 19.5 Å². The van der Waals surface area contributed by atoms with Crippen molar-refractivity contribution in [2.24, 2.45) is 0 Å². The molecular formula is C22H29N3O3. The zero-order chi connectivity index (χ0) is 19.8. The lowest BCUT2D eigenvalue weighted by Crippen LogP contribution is -2.24. The van der Waals surface area contributed by atoms with Crippen LogP contribution >= 0.6 is 0 Å². The molecular weight excluding hydrogens is 354 g/mol. The first-order chi connectivity index (χ1) is 13.7. The first-order valence-corrected chi connectivity index (χ1v) is 9.91. The highest BCUT2D eigenvalue weighted by atomic mass is 16.5. The molecule has 0 spiro atoms. The van der Waals surface area contributed by atoms with Crippen molar-refractivity contribution in [2.45, 2.75) is 51.1 Å². The summed E-state index contributed by atoms with van der Waals surface area (Å²) in [6, 6.07) is 9.62. The van der Waals surface area contributed by atoms with Crippen molar-refractivity contribution < 1.29 is 14.3 Å². The highest BCUT2D eigenvalue weighted by Crippen LogP contribution is 2.27. The van der Waals surface area contributed by atoms with Crippen LogP contribution in [0.4, 0.5) is 5.82 Å². The highest BCUT2D eigenvalue weighted by molar-refractivity contribution is 5.94. The van der Waals surface area contributed by atoms with Crippen LogP contribution in [0.2, 0.25) is 0 Å². The molecule has 0 bridgehead atoms. The van der Waals surface area contributed by atoms with E-state index in [1.807, 2.05) is 24.3 Å². The number of rotatable bonds is 7. The second kappa shape index (κ2) is 9.97. The van der Waals surface area contributed by atoms with Crippen molar-refractivity contribution in [3.05, 3.63) is 47.7 Å². The van der Waals surface area contributed by atoms with Gasteiger partial charge in [-0.1, -0.05) is 31.7 Å². The van der Waals surface area contributed by atoms with Crippen LogP contribution in [0.15, 0.2) is 36.5 Å². The lowest BCUT2D eigenvalue weighted by atomic mass is 10.1. The summed E-state index contributed by atoms with van der Waals surface area (Å²) in [5.74, 6) is 1.96. The van der Waals surface area contributed by atoms with Crippen LogP contribution in [0.1, 0.15) is 54.4 Å². The molecule has 2 N–H and O–H groups in total. The molecule has 3 rings (SSSR count). The summed E-state index contributed by atoms with van der Waals surface area (Å²) in [4.78, 5) is 17.0. The van der Waals surface area contributed by atoms with E-state index < -0.39 is 0 Å². The van der Waals surface area contributed by atoms with Gasteiger partial charge in [0.1, 0.15) is 5.82 Å². The average Bonchev–Trinajstić information content (AvgIpc) is 3.00. The van der Waals surface area contributed by atoms with E-state index in [4.69, 9.17) is 9.47 Å². The molecule has 6 nitrogen and oxygen atoms in total. The van der Waals surface area contributed by atoms with Crippen LogP contribution in [0.25, 0.3) is 0 Å².